The molecule has 0 saturated carbocycles. The fraction of sp³-hybridized carbons (Fsp3) is 0.182. The standard InChI is InChI=1S/C11H12ClNO4S/c1-8(11(14)15)13-18(16,17)7-6-9-2-4-10(12)5-3-9/h2-8,13H,1H3,(H,14,15)/t8-/m1/s1. The first-order valence-corrected chi connectivity index (χ1v) is 6.91. The highest BCUT2D eigenvalue weighted by atomic mass is 35.5. The van der Waals surface area contributed by atoms with Crippen LogP contribution in [0.25, 0.3) is 6.08 Å². The van der Waals surface area contributed by atoms with Crippen molar-refractivity contribution in [1.29, 1.82) is 0 Å². The first kappa shape index (κ1) is 14.7. The lowest BCUT2D eigenvalue weighted by molar-refractivity contribution is -0.138. The first-order chi connectivity index (χ1) is 8.30. The fourth-order valence-corrected chi connectivity index (χ4v) is 2.21. The summed E-state index contributed by atoms with van der Waals surface area (Å²) in [6.07, 6.45) is 1.35. The second-order valence-corrected chi connectivity index (χ2v) is 5.61. The predicted molar refractivity (Wildman–Crippen MR) is 69.6 cm³/mol. The fourth-order valence-electron chi connectivity index (χ4n) is 1.08. The molecule has 0 amide bonds. The Morgan fingerprint density at radius 2 is 1.94 bits per heavy atom. The van der Waals surface area contributed by atoms with E-state index in [4.69, 9.17) is 16.7 Å². The molecule has 0 spiro atoms. The summed E-state index contributed by atoms with van der Waals surface area (Å²) in [7, 11) is -3.78. The van der Waals surface area contributed by atoms with E-state index >= 15 is 0 Å². The molecule has 1 atom stereocenters. The Labute approximate surface area is 110 Å². The molecule has 0 bridgehead atoms. The number of carboxylic acid groups (broad SMARTS) is 1. The quantitative estimate of drug-likeness (QED) is 0.864. The van der Waals surface area contributed by atoms with Gasteiger partial charge in [-0.3, -0.25) is 4.79 Å². The molecule has 0 saturated heterocycles. The number of aliphatic carboxylic acids is 1. The minimum Gasteiger partial charge on any atom is -0.480 e. The average Bonchev–Trinajstić information content (AvgIpc) is 2.27. The third-order valence-corrected chi connectivity index (χ3v) is 3.45. The van der Waals surface area contributed by atoms with E-state index in [0.29, 0.717) is 10.6 Å². The summed E-state index contributed by atoms with van der Waals surface area (Å²) in [5.74, 6) is -1.24. The number of carboxylic acids is 1. The summed E-state index contributed by atoms with van der Waals surface area (Å²) in [5.41, 5.74) is 0.646. The summed E-state index contributed by atoms with van der Waals surface area (Å²) in [6, 6.07) is 5.37. The van der Waals surface area contributed by atoms with Gasteiger partial charge in [-0.2, -0.15) is 4.72 Å². The number of rotatable bonds is 5. The zero-order valence-corrected chi connectivity index (χ0v) is 11.1. The van der Waals surface area contributed by atoms with Crippen LogP contribution >= 0.6 is 11.6 Å². The second kappa shape index (κ2) is 5.99. The van der Waals surface area contributed by atoms with E-state index in [-0.39, 0.29) is 0 Å². The number of nitrogens with one attached hydrogen (secondary N) is 1. The summed E-state index contributed by atoms with van der Waals surface area (Å²) in [5, 5.41) is 10.1. The average molecular weight is 290 g/mol. The van der Waals surface area contributed by atoms with Gasteiger partial charge in [0.05, 0.1) is 0 Å². The van der Waals surface area contributed by atoms with E-state index in [0.717, 1.165) is 5.41 Å². The van der Waals surface area contributed by atoms with Gasteiger partial charge in [0.25, 0.3) is 0 Å². The zero-order chi connectivity index (χ0) is 13.8. The van der Waals surface area contributed by atoms with Gasteiger partial charge in [0.1, 0.15) is 6.04 Å². The third-order valence-electron chi connectivity index (χ3n) is 2.02. The first-order valence-electron chi connectivity index (χ1n) is 4.99. The molecular weight excluding hydrogens is 278 g/mol. The van der Waals surface area contributed by atoms with Gasteiger partial charge in [0, 0.05) is 10.4 Å². The number of halogens is 1. The van der Waals surface area contributed by atoms with Crippen LogP contribution in [0.15, 0.2) is 29.7 Å². The van der Waals surface area contributed by atoms with Gasteiger partial charge < -0.3 is 5.11 Å². The van der Waals surface area contributed by atoms with Crippen molar-refractivity contribution in [3.05, 3.63) is 40.3 Å². The Morgan fingerprint density at radius 1 is 1.39 bits per heavy atom. The summed E-state index contributed by atoms with van der Waals surface area (Å²) < 4.78 is 25.0. The molecule has 98 valence electrons. The Morgan fingerprint density at radius 3 is 2.44 bits per heavy atom. The van der Waals surface area contributed by atoms with Crippen LogP contribution in [0.5, 0.6) is 0 Å². The minimum absolute atomic E-state index is 0.549. The molecule has 1 rings (SSSR count). The molecule has 0 radical (unpaired) electrons. The molecule has 1 aromatic rings. The van der Waals surface area contributed by atoms with Crippen molar-refractivity contribution in [3.8, 4) is 0 Å². The van der Waals surface area contributed by atoms with Crippen molar-refractivity contribution in [1.82, 2.24) is 4.72 Å². The molecule has 7 heteroatoms. The van der Waals surface area contributed by atoms with Crippen molar-refractivity contribution < 1.29 is 18.3 Å². The topological polar surface area (TPSA) is 83.5 Å². The highest BCUT2D eigenvalue weighted by molar-refractivity contribution is 7.92. The number of carbonyl (C=O) groups is 1. The molecule has 0 heterocycles. The molecule has 0 fully saturated rings. The van der Waals surface area contributed by atoms with Gasteiger partial charge in [0.2, 0.25) is 10.0 Å². The minimum atomic E-state index is -3.78. The molecule has 5 nitrogen and oxygen atoms in total. The number of benzene rings is 1. The Bertz CT molecular complexity index is 551. The lowest BCUT2D eigenvalue weighted by atomic mass is 10.2. The molecule has 0 aromatic heterocycles. The van der Waals surface area contributed by atoms with Crippen LogP contribution in [0, 0.1) is 0 Å². The lowest BCUT2D eigenvalue weighted by Crippen LogP contribution is -2.37. The summed E-state index contributed by atoms with van der Waals surface area (Å²) >= 11 is 5.69. The van der Waals surface area contributed by atoms with Crippen LogP contribution in [-0.4, -0.2) is 25.5 Å². The van der Waals surface area contributed by atoms with Gasteiger partial charge in [-0.05, 0) is 30.7 Å². The SMILES string of the molecule is C[C@@H](NS(=O)(=O)C=Cc1ccc(Cl)cc1)C(=O)O. The normalized spacial score (nSPS) is 13.7. The molecular formula is C11H12ClNO4S. The van der Waals surface area contributed by atoms with E-state index in [2.05, 4.69) is 0 Å². The molecule has 0 unspecified atom stereocenters. The number of hydrogen-bond donors (Lipinski definition) is 2. The van der Waals surface area contributed by atoms with Crippen LogP contribution < -0.4 is 4.72 Å². The van der Waals surface area contributed by atoms with Gasteiger partial charge in [-0.1, -0.05) is 23.7 Å². The summed E-state index contributed by atoms with van der Waals surface area (Å²) in [6.45, 7) is 1.25. The Kier molecular flexibility index (Phi) is 4.89. The van der Waals surface area contributed by atoms with Gasteiger partial charge in [-0.25, -0.2) is 8.42 Å². The monoisotopic (exact) mass is 289 g/mol. The maximum absolute atomic E-state index is 11.5. The smallest absolute Gasteiger partial charge is 0.321 e. The van der Waals surface area contributed by atoms with E-state index < -0.39 is 22.0 Å². The van der Waals surface area contributed by atoms with Crippen molar-refractivity contribution >= 4 is 33.7 Å². The molecule has 2 N–H and O–H groups in total. The molecule has 1 aromatic carbocycles. The van der Waals surface area contributed by atoms with Crippen molar-refractivity contribution in [2.45, 2.75) is 13.0 Å². The maximum atomic E-state index is 11.5. The Hall–Kier alpha value is -1.37. The third kappa shape index (κ3) is 4.87. The second-order valence-electron chi connectivity index (χ2n) is 3.58. The molecule has 0 aliphatic carbocycles. The van der Waals surface area contributed by atoms with Crippen LogP contribution in [0.1, 0.15) is 12.5 Å². The predicted octanol–water partition coefficient (Wildman–Crippen LogP) is 1.70. The van der Waals surface area contributed by atoms with Crippen LogP contribution in [-0.2, 0) is 14.8 Å². The summed E-state index contributed by atoms with van der Waals surface area (Å²) in [4.78, 5) is 10.5. The molecule has 0 aliphatic heterocycles. The highest BCUT2D eigenvalue weighted by Crippen LogP contribution is 2.11. The van der Waals surface area contributed by atoms with Crippen LogP contribution in [0.3, 0.4) is 0 Å². The van der Waals surface area contributed by atoms with Crippen LogP contribution in [0.4, 0.5) is 0 Å². The molecule has 0 aliphatic rings. The highest BCUT2D eigenvalue weighted by Gasteiger charge is 2.16. The van der Waals surface area contributed by atoms with Gasteiger partial charge in [-0.15, -0.1) is 0 Å². The van der Waals surface area contributed by atoms with E-state index in [9.17, 15) is 13.2 Å². The maximum Gasteiger partial charge on any atom is 0.321 e. The van der Waals surface area contributed by atoms with Crippen molar-refractivity contribution in [2.75, 3.05) is 0 Å². The van der Waals surface area contributed by atoms with E-state index in [1.165, 1.54) is 13.0 Å². The Balaban J connectivity index is 2.76. The zero-order valence-electron chi connectivity index (χ0n) is 9.50. The van der Waals surface area contributed by atoms with Gasteiger partial charge in [0.15, 0.2) is 0 Å². The van der Waals surface area contributed by atoms with Crippen molar-refractivity contribution in [2.24, 2.45) is 0 Å². The molecule has 18 heavy (non-hydrogen) atoms. The van der Waals surface area contributed by atoms with Crippen molar-refractivity contribution in [3.63, 3.8) is 0 Å². The number of hydrogen-bond acceptors (Lipinski definition) is 3. The van der Waals surface area contributed by atoms with E-state index in [1.807, 2.05) is 4.72 Å². The number of sulfonamides is 1. The van der Waals surface area contributed by atoms with E-state index in [1.54, 1.807) is 24.3 Å². The largest absolute Gasteiger partial charge is 0.480 e. The van der Waals surface area contributed by atoms with Gasteiger partial charge >= 0.3 is 5.97 Å². The lowest BCUT2D eigenvalue weighted by Gasteiger charge is -2.06. The van der Waals surface area contributed by atoms with Crippen LogP contribution in [0.2, 0.25) is 5.02 Å².